The Bertz CT molecular complexity index is 633. The van der Waals surface area contributed by atoms with Crippen LogP contribution >= 0.6 is 24.0 Å². The second kappa shape index (κ2) is 9.13. The van der Waals surface area contributed by atoms with Crippen molar-refractivity contribution >= 4 is 40.0 Å². The number of piperidine rings is 1. The maximum absolute atomic E-state index is 12.2. The van der Waals surface area contributed by atoms with Gasteiger partial charge in [0.05, 0.1) is 11.9 Å². The molecule has 0 bridgehead atoms. The number of ether oxygens (including phenoxy) is 1. The van der Waals surface area contributed by atoms with Crippen LogP contribution in [-0.2, 0) is 14.8 Å². The van der Waals surface area contributed by atoms with Gasteiger partial charge in [0.1, 0.15) is 0 Å². The van der Waals surface area contributed by atoms with Crippen LogP contribution < -0.4 is 10.6 Å². The fourth-order valence-electron chi connectivity index (χ4n) is 4.79. The summed E-state index contributed by atoms with van der Waals surface area (Å²) < 4.78 is 31.9. The summed E-state index contributed by atoms with van der Waals surface area (Å²) in [5, 5.41) is 7.10. The second-order valence-electron chi connectivity index (χ2n) is 8.39. The minimum atomic E-state index is -3.08. The van der Waals surface area contributed by atoms with E-state index in [0.29, 0.717) is 37.6 Å². The molecule has 3 fully saturated rings. The first-order valence-corrected chi connectivity index (χ1v) is 11.5. The fourth-order valence-corrected chi connectivity index (χ4v) is 6.34. The maximum atomic E-state index is 12.2. The zero-order valence-corrected chi connectivity index (χ0v) is 20.0. The normalized spacial score (nSPS) is 31.6. The summed E-state index contributed by atoms with van der Waals surface area (Å²) in [6.45, 7) is 8.44. The van der Waals surface area contributed by atoms with Gasteiger partial charge in [-0.15, -0.1) is 24.0 Å². The SMILES string of the molecule is CCCS(=O)(=O)N1CCC(NC(=NC)NC2C3CCOC3C2(C)C)CC1.I. The highest BCUT2D eigenvalue weighted by atomic mass is 127. The molecule has 158 valence electrons. The number of fused-ring (bicyclic) bond motifs is 1. The molecule has 2 saturated heterocycles. The highest BCUT2D eigenvalue weighted by molar-refractivity contribution is 14.0. The molecule has 9 heteroatoms. The van der Waals surface area contributed by atoms with Crippen LogP contribution in [0.2, 0.25) is 0 Å². The summed E-state index contributed by atoms with van der Waals surface area (Å²) in [5.41, 5.74) is 0.108. The molecule has 0 aromatic rings. The van der Waals surface area contributed by atoms with Gasteiger partial charge < -0.3 is 15.4 Å². The van der Waals surface area contributed by atoms with Crippen molar-refractivity contribution in [2.75, 3.05) is 32.5 Å². The maximum Gasteiger partial charge on any atom is 0.214 e. The lowest BCUT2D eigenvalue weighted by Crippen LogP contribution is -2.68. The van der Waals surface area contributed by atoms with Crippen molar-refractivity contribution < 1.29 is 13.2 Å². The van der Waals surface area contributed by atoms with Gasteiger partial charge in [0.25, 0.3) is 0 Å². The van der Waals surface area contributed by atoms with Crippen LogP contribution in [0, 0.1) is 11.3 Å². The number of nitrogens with zero attached hydrogens (tertiary/aromatic N) is 2. The lowest BCUT2D eigenvalue weighted by Gasteiger charge is -2.55. The van der Waals surface area contributed by atoms with E-state index in [1.165, 1.54) is 0 Å². The summed E-state index contributed by atoms with van der Waals surface area (Å²) in [4.78, 5) is 4.40. The molecule has 3 atom stereocenters. The minimum Gasteiger partial charge on any atom is -0.377 e. The average molecular weight is 514 g/mol. The Morgan fingerprint density at radius 2 is 1.89 bits per heavy atom. The van der Waals surface area contributed by atoms with E-state index in [-0.39, 0.29) is 41.2 Å². The summed E-state index contributed by atoms with van der Waals surface area (Å²) in [5.74, 6) is 1.63. The number of hydrogen-bond acceptors (Lipinski definition) is 4. The molecular weight excluding hydrogens is 479 g/mol. The molecule has 0 spiro atoms. The first-order chi connectivity index (χ1) is 12.3. The van der Waals surface area contributed by atoms with Crippen molar-refractivity contribution in [3.8, 4) is 0 Å². The van der Waals surface area contributed by atoms with E-state index in [2.05, 4.69) is 29.5 Å². The predicted molar refractivity (Wildman–Crippen MR) is 119 cm³/mol. The van der Waals surface area contributed by atoms with Gasteiger partial charge in [-0.1, -0.05) is 20.8 Å². The quantitative estimate of drug-likeness (QED) is 0.332. The molecule has 3 aliphatic rings. The van der Waals surface area contributed by atoms with E-state index in [1.54, 1.807) is 11.4 Å². The summed E-state index contributed by atoms with van der Waals surface area (Å²) >= 11 is 0. The molecule has 0 amide bonds. The van der Waals surface area contributed by atoms with Gasteiger partial charge in [-0.25, -0.2) is 12.7 Å². The van der Waals surface area contributed by atoms with Crippen LogP contribution in [0.1, 0.15) is 46.5 Å². The number of guanidine groups is 1. The van der Waals surface area contributed by atoms with Crippen molar-refractivity contribution in [1.29, 1.82) is 0 Å². The molecule has 2 aliphatic heterocycles. The smallest absolute Gasteiger partial charge is 0.214 e. The van der Waals surface area contributed by atoms with Crippen LogP contribution in [0.25, 0.3) is 0 Å². The summed E-state index contributed by atoms with van der Waals surface area (Å²) in [7, 11) is -1.29. The Morgan fingerprint density at radius 3 is 2.48 bits per heavy atom. The zero-order chi connectivity index (χ0) is 18.9. The van der Waals surface area contributed by atoms with Crippen LogP contribution in [0.4, 0.5) is 0 Å². The van der Waals surface area contributed by atoms with Gasteiger partial charge in [-0.2, -0.15) is 0 Å². The number of hydrogen-bond donors (Lipinski definition) is 2. The van der Waals surface area contributed by atoms with Crippen LogP contribution in [0.5, 0.6) is 0 Å². The third-order valence-corrected chi connectivity index (χ3v) is 8.34. The first-order valence-electron chi connectivity index (χ1n) is 9.89. The Hall–Kier alpha value is -0.130. The number of aliphatic imine (C=N–C) groups is 1. The Kier molecular flexibility index (Phi) is 7.83. The summed E-state index contributed by atoms with van der Waals surface area (Å²) in [6.07, 6.45) is 3.75. The van der Waals surface area contributed by atoms with E-state index in [4.69, 9.17) is 4.74 Å². The highest BCUT2D eigenvalue weighted by Gasteiger charge is 2.59. The van der Waals surface area contributed by atoms with Crippen molar-refractivity contribution in [2.45, 2.75) is 64.6 Å². The molecule has 1 saturated carbocycles. The van der Waals surface area contributed by atoms with Gasteiger partial charge >= 0.3 is 0 Å². The third kappa shape index (κ3) is 4.72. The van der Waals surface area contributed by atoms with Crippen molar-refractivity contribution in [1.82, 2.24) is 14.9 Å². The molecule has 3 unspecified atom stereocenters. The average Bonchev–Trinajstić information content (AvgIpc) is 3.06. The van der Waals surface area contributed by atoms with Gasteiger partial charge in [-0.3, -0.25) is 4.99 Å². The monoisotopic (exact) mass is 514 g/mol. The lowest BCUT2D eigenvalue weighted by atomic mass is 9.57. The predicted octanol–water partition coefficient (Wildman–Crippen LogP) is 1.79. The molecule has 2 heterocycles. The van der Waals surface area contributed by atoms with E-state index >= 15 is 0 Å². The zero-order valence-electron chi connectivity index (χ0n) is 16.9. The molecule has 0 aromatic carbocycles. The molecule has 0 aromatic heterocycles. The van der Waals surface area contributed by atoms with Crippen LogP contribution in [-0.4, -0.2) is 69.4 Å². The van der Waals surface area contributed by atoms with E-state index in [9.17, 15) is 8.42 Å². The largest absolute Gasteiger partial charge is 0.377 e. The fraction of sp³-hybridized carbons (Fsp3) is 0.944. The van der Waals surface area contributed by atoms with E-state index in [0.717, 1.165) is 31.8 Å². The molecule has 2 N–H and O–H groups in total. The Balaban J connectivity index is 0.00000261. The Labute approximate surface area is 181 Å². The van der Waals surface area contributed by atoms with Crippen molar-refractivity contribution in [3.63, 3.8) is 0 Å². The molecule has 27 heavy (non-hydrogen) atoms. The van der Waals surface area contributed by atoms with E-state index < -0.39 is 10.0 Å². The molecule has 0 radical (unpaired) electrons. The number of halogens is 1. The van der Waals surface area contributed by atoms with Gasteiger partial charge in [-0.05, 0) is 25.7 Å². The molecular formula is C18H35IN4O3S. The number of sulfonamides is 1. The molecule has 3 rings (SSSR count). The Morgan fingerprint density at radius 1 is 1.22 bits per heavy atom. The van der Waals surface area contributed by atoms with Crippen LogP contribution in [0.15, 0.2) is 4.99 Å². The van der Waals surface area contributed by atoms with Crippen molar-refractivity contribution in [3.05, 3.63) is 0 Å². The summed E-state index contributed by atoms with van der Waals surface area (Å²) in [6, 6.07) is 0.624. The van der Waals surface area contributed by atoms with Crippen LogP contribution in [0.3, 0.4) is 0 Å². The standard InChI is InChI=1S/C18H34N4O3S.HI/c1-5-12-26(23,24)22-9-6-13(7-10-22)20-17(19-4)21-15-14-8-11-25-16(14)18(15,2)3;/h13-16H,5-12H2,1-4H3,(H2,19,20,21);1H. The van der Waals surface area contributed by atoms with Crippen molar-refractivity contribution in [2.24, 2.45) is 16.3 Å². The molecule has 1 aliphatic carbocycles. The molecule has 7 nitrogen and oxygen atoms in total. The van der Waals surface area contributed by atoms with Gasteiger partial charge in [0, 0.05) is 50.2 Å². The number of nitrogens with one attached hydrogen (secondary N) is 2. The number of rotatable bonds is 5. The highest BCUT2D eigenvalue weighted by Crippen LogP contribution is 2.52. The third-order valence-electron chi connectivity index (χ3n) is 6.27. The topological polar surface area (TPSA) is 83.0 Å². The first kappa shape index (κ1) is 23.2. The lowest BCUT2D eigenvalue weighted by molar-refractivity contribution is -0.106. The van der Waals surface area contributed by atoms with Gasteiger partial charge in [0.15, 0.2) is 5.96 Å². The second-order valence-corrected chi connectivity index (χ2v) is 10.5. The van der Waals surface area contributed by atoms with Gasteiger partial charge in [0.2, 0.25) is 10.0 Å². The van der Waals surface area contributed by atoms with E-state index in [1.807, 2.05) is 6.92 Å². The minimum absolute atomic E-state index is 0.